The molecule has 1 unspecified atom stereocenters. The minimum atomic E-state index is -0.814. The summed E-state index contributed by atoms with van der Waals surface area (Å²) < 4.78 is 5.16. The third-order valence-electron chi connectivity index (χ3n) is 5.57. The summed E-state index contributed by atoms with van der Waals surface area (Å²) in [6.45, 7) is 1.89. The molecule has 3 aromatic rings. The predicted octanol–water partition coefficient (Wildman–Crippen LogP) is 4.50. The second-order valence-electron chi connectivity index (χ2n) is 7.41. The monoisotopic (exact) mass is 424 g/mol. The molecule has 1 amide bonds. The van der Waals surface area contributed by atoms with E-state index in [0.717, 1.165) is 11.1 Å². The molecule has 0 aromatic heterocycles. The second kappa shape index (κ2) is 8.40. The highest BCUT2D eigenvalue weighted by molar-refractivity contribution is 6.51. The summed E-state index contributed by atoms with van der Waals surface area (Å²) in [4.78, 5) is 27.7. The Morgan fingerprint density at radius 1 is 1.00 bits per heavy atom. The molecule has 6 heteroatoms. The van der Waals surface area contributed by atoms with Crippen molar-refractivity contribution in [2.75, 3.05) is 12.0 Å². The minimum absolute atomic E-state index is 0.0128. The van der Waals surface area contributed by atoms with Crippen LogP contribution in [0.25, 0.3) is 5.76 Å². The van der Waals surface area contributed by atoms with E-state index in [1.165, 1.54) is 12.0 Å². The number of carbonyl (C=O) groups is 2. The number of hydrogen-bond acceptors (Lipinski definition) is 5. The average Bonchev–Trinajstić information content (AvgIpc) is 3.09. The highest BCUT2D eigenvalue weighted by Crippen LogP contribution is 2.43. The van der Waals surface area contributed by atoms with Crippen LogP contribution in [0.1, 0.15) is 28.3 Å². The number of aliphatic hydroxyl groups excluding tert-OH is 1. The number of methoxy groups -OCH3 is 1. The van der Waals surface area contributed by atoms with Gasteiger partial charge in [0.25, 0.3) is 11.7 Å². The summed E-state index contributed by atoms with van der Waals surface area (Å²) in [5.74, 6) is -1.15. The van der Waals surface area contributed by atoms with Gasteiger partial charge in [-0.2, -0.15) is 5.26 Å². The number of Topliss-reactive ketones (excluding diaryl/α,β-unsaturated/α-hetero) is 1. The van der Waals surface area contributed by atoms with Gasteiger partial charge >= 0.3 is 0 Å². The number of amides is 1. The number of ketones is 1. The third kappa shape index (κ3) is 3.50. The Morgan fingerprint density at radius 3 is 2.25 bits per heavy atom. The largest absolute Gasteiger partial charge is 0.507 e. The van der Waals surface area contributed by atoms with Crippen molar-refractivity contribution in [1.29, 1.82) is 5.26 Å². The van der Waals surface area contributed by atoms with E-state index in [9.17, 15) is 14.7 Å². The first kappa shape index (κ1) is 20.9. The molecule has 158 valence electrons. The number of nitrogens with zero attached hydrogens (tertiary/aromatic N) is 2. The van der Waals surface area contributed by atoms with Gasteiger partial charge in [-0.15, -0.1) is 0 Å². The van der Waals surface area contributed by atoms with Crippen LogP contribution in [0.5, 0.6) is 5.75 Å². The highest BCUT2D eigenvalue weighted by atomic mass is 16.5. The van der Waals surface area contributed by atoms with Crippen molar-refractivity contribution in [3.8, 4) is 11.8 Å². The lowest BCUT2D eigenvalue weighted by molar-refractivity contribution is -0.132. The summed E-state index contributed by atoms with van der Waals surface area (Å²) in [7, 11) is 1.54. The highest BCUT2D eigenvalue weighted by Gasteiger charge is 2.47. The summed E-state index contributed by atoms with van der Waals surface area (Å²) >= 11 is 0. The van der Waals surface area contributed by atoms with E-state index in [4.69, 9.17) is 10.00 Å². The van der Waals surface area contributed by atoms with Crippen LogP contribution in [-0.4, -0.2) is 23.9 Å². The number of ether oxygens (including phenoxy) is 1. The van der Waals surface area contributed by atoms with Gasteiger partial charge in [0.15, 0.2) is 0 Å². The molecule has 1 aliphatic heterocycles. The molecule has 0 bridgehead atoms. The number of hydrogen-bond donors (Lipinski definition) is 1. The fraction of sp³-hybridized carbons (Fsp3) is 0.115. The minimum Gasteiger partial charge on any atom is -0.507 e. The Kier molecular flexibility index (Phi) is 5.48. The van der Waals surface area contributed by atoms with Crippen molar-refractivity contribution < 1.29 is 19.4 Å². The lowest BCUT2D eigenvalue weighted by Gasteiger charge is -2.26. The maximum atomic E-state index is 13.2. The van der Waals surface area contributed by atoms with Crippen molar-refractivity contribution >= 4 is 23.1 Å². The molecule has 1 saturated heterocycles. The molecule has 32 heavy (non-hydrogen) atoms. The van der Waals surface area contributed by atoms with Crippen LogP contribution in [0.2, 0.25) is 0 Å². The van der Waals surface area contributed by atoms with Crippen LogP contribution in [0, 0.1) is 18.3 Å². The van der Waals surface area contributed by atoms with Gasteiger partial charge in [0, 0.05) is 11.3 Å². The fourth-order valence-electron chi connectivity index (χ4n) is 3.89. The number of benzene rings is 3. The van der Waals surface area contributed by atoms with E-state index in [1.54, 1.807) is 48.5 Å². The van der Waals surface area contributed by atoms with Crippen LogP contribution in [0.4, 0.5) is 5.69 Å². The van der Waals surface area contributed by atoms with Crippen LogP contribution >= 0.6 is 0 Å². The number of carbonyl (C=O) groups excluding carboxylic acids is 2. The molecule has 0 radical (unpaired) electrons. The van der Waals surface area contributed by atoms with Crippen LogP contribution in [0.3, 0.4) is 0 Å². The zero-order valence-electron chi connectivity index (χ0n) is 17.6. The first-order valence-corrected chi connectivity index (χ1v) is 9.97. The normalized spacial score (nSPS) is 17.3. The molecule has 6 nitrogen and oxygen atoms in total. The molecule has 1 N–H and O–H groups in total. The molecule has 1 fully saturated rings. The van der Waals surface area contributed by atoms with E-state index in [-0.39, 0.29) is 11.3 Å². The number of anilines is 1. The van der Waals surface area contributed by atoms with E-state index in [2.05, 4.69) is 0 Å². The molecule has 0 aliphatic carbocycles. The summed E-state index contributed by atoms with van der Waals surface area (Å²) in [6, 6.07) is 21.7. The Bertz CT molecular complexity index is 1270. The Morgan fingerprint density at radius 2 is 1.66 bits per heavy atom. The van der Waals surface area contributed by atoms with Crippen molar-refractivity contribution in [2.24, 2.45) is 0 Å². The predicted molar refractivity (Wildman–Crippen MR) is 120 cm³/mol. The van der Waals surface area contributed by atoms with E-state index < -0.39 is 17.7 Å². The van der Waals surface area contributed by atoms with Gasteiger partial charge in [0.05, 0.1) is 30.4 Å². The van der Waals surface area contributed by atoms with Crippen molar-refractivity contribution in [3.63, 3.8) is 0 Å². The lowest BCUT2D eigenvalue weighted by atomic mass is 9.92. The number of aryl methyl sites for hydroxylation is 1. The second-order valence-corrected chi connectivity index (χ2v) is 7.41. The lowest BCUT2D eigenvalue weighted by Crippen LogP contribution is -2.29. The topological polar surface area (TPSA) is 90.6 Å². The van der Waals surface area contributed by atoms with Crippen LogP contribution in [-0.2, 0) is 9.59 Å². The van der Waals surface area contributed by atoms with E-state index >= 15 is 0 Å². The molecule has 1 heterocycles. The standard InChI is InChI=1S/C26H20N2O4/c1-16-5-3-4-6-21(16)23-22(24(29)18-9-13-20(32-2)14-10-18)25(30)26(31)28(23)19-11-7-17(15-27)8-12-19/h3-14,23,29H,1-2H3/b24-22-. The van der Waals surface area contributed by atoms with Gasteiger partial charge in [0.2, 0.25) is 0 Å². The SMILES string of the molecule is COc1ccc(/C(O)=C2/C(=O)C(=O)N(c3ccc(C#N)cc3)C2c2ccccc2C)cc1. The third-order valence-corrected chi connectivity index (χ3v) is 5.57. The number of nitriles is 1. The average molecular weight is 424 g/mol. The van der Waals surface area contributed by atoms with Crippen molar-refractivity contribution in [2.45, 2.75) is 13.0 Å². The molecule has 3 aromatic carbocycles. The van der Waals surface area contributed by atoms with Gasteiger partial charge in [-0.1, -0.05) is 24.3 Å². The maximum absolute atomic E-state index is 13.2. The Hall–Kier alpha value is -4.37. The summed E-state index contributed by atoms with van der Waals surface area (Å²) in [6.07, 6.45) is 0. The van der Waals surface area contributed by atoms with Crippen molar-refractivity contribution in [1.82, 2.24) is 0 Å². The van der Waals surface area contributed by atoms with Crippen LogP contribution < -0.4 is 9.64 Å². The smallest absolute Gasteiger partial charge is 0.300 e. The van der Waals surface area contributed by atoms with Crippen LogP contribution in [0.15, 0.2) is 78.4 Å². The Labute approximate surface area is 185 Å². The molecule has 0 spiro atoms. The summed E-state index contributed by atoms with van der Waals surface area (Å²) in [5, 5.41) is 20.2. The summed E-state index contributed by atoms with van der Waals surface area (Å²) in [5.41, 5.74) is 2.93. The van der Waals surface area contributed by atoms with Gasteiger partial charge < -0.3 is 9.84 Å². The first-order chi connectivity index (χ1) is 15.5. The van der Waals surface area contributed by atoms with Crippen molar-refractivity contribution in [3.05, 3.63) is 101 Å². The zero-order chi connectivity index (χ0) is 22.8. The first-order valence-electron chi connectivity index (χ1n) is 9.97. The Balaban J connectivity index is 1.93. The molecule has 0 saturated carbocycles. The van der Waals surface area contributed by atoms with Gasteiger partial charge in [0.1, 0.15) is 11.5 Å². The van der Waals surface area contributed by atoms with Gasteiger partial charge in [-0.3, -0.25) is 14.5 Å². The molecule has 4 rings (SSSR count). The van der Waals surface area contributed by atoms with E-state index in [0.29, 0.717) is 22.6 Å². The number of aliphatic hydroxyl groups is 1. The maximum Gasteiger partial charge on any atom is 0.300 e. The fourth-order valence-corrected chi connectivity index (χ4v) is 3.89. The molecule has 1 aliphatic rings. The molecular formula is C26H20N2O4. The van der Waals surface area contributed by atoms with Gasteiger partial charge in [-0.25, -0.2) is 0 Å². The zero-order valence-corrected chi connectivity index (χ0v) is 17.6. The van der Waals surface area contributed by atoms with E-state index in [1.807, 2.05) is 37.3 Å². The molecular weight excluding hydrogens is 404 g/mol. The van der Waals surface area contributed by atoms with Gasteiger partial charge in [-0.05, 0) is 66.6 Å². The molecule has 1 atom stereocenters. The quantitative estimate of drug-likeness (QED) is 0.378. The number of rotatable bonds is 4.